The number of benzene rings is 2. The van der Waals surface area contributed by atoms with Gasteiger partial charge in [-0.25, -0.2) is 0 Å². The summed E-state index contributed by atoms with van der Waals surface area (Å²) in [5, 5.41) is 2.39. The second kappa shape index (κ2) is 9.10. The number of piperidine rings is 1. The number of hydrogen-bond acceptors (Lipinski definition) is 3. The number of rotatable bonds is 4. The van der Waals surface area contributed by atoms with Gasteiger partial charge in [0.2, 0.25) is 5.91 Å². The fourth-order valence-electron chi connectivity index (χ4n) is 4.80. The summed E-state index contributed by atoms with van der Waals surface area (Å²) in [5.41, 5.74) is 1.10. The van der Waals surface area contributed by atoms with Crippen LogP contribution < -0.4 is 0 Å². The molecule has 0 bridgehead atoms. The van der Waals surface area contributed by atoms with Crippen LogP contribution in [-0.4, -0.2) is 60.6 Å². The molecule has 0 aromatic heterocycles. The van der Waals surface area contributed by atoms with E-state index < -0.39 is 0 Å². The third-order valence-electron chi connectivity index (χ3n) is 6.17. The summed E-state index contributed by atoms with van der Waals surface area (Å²) in [6, 6.07) is 14.5. The summed E-state index contributed by atoms with van der Waals surface area (Å²) >= 11 is 0. The minimum absolute atomic E-state index is 0.130. The van der Waals surface area contributed by atoms with Crippen LogP contribution in [0.5, 0.6) is 0 Å². The molecule has 0 aliphatic carbocycles. The van der Waals surface area contributed by atoms with Gasteiger partial charge in [-0.2, -0.15) is 0 Å². The van der Waals surface area contributed by atoms with Crippen LogP contribution in [-0.2, 0) is 9.53 Å². The van der Waals surface area contributed by atoms with Crippen LogP contribution in [0.1, 0.15) is 32.3 Å². The van der Waals surface area contributed by atoms with Crippen LogP contribution in [0.3, 0.4) is 0 Å². The van der Waals surface area contributed by atoms with Gasteiger partial charge in [-0.05, 0) is 55.0 Å². The topological polar surface area (TPSA) is 32.8 Å². The van der Waals surface area contributed by atoms with Crippen molar-refractivity contribution in [2.24, 2.45) is 5.92 Å². The van der Waals surface area contributed by atoms with Gasteiger partial charge < -0.3 is 9.64 Å². The summed E-state index contributed by atoms with van der Waals surface area (Å²) in [5.74, 6) is 0.809. The number of fused-ring (bicyclic) bond motifs is 1. The van der Waals surface area contributed by atoms with Crippen LogP contribution in [0, 0.1) is 5.92 Å². The first-order valence-electron chi connectivity index (χ1n) is 10.9. The predicted octanol–water partition coefficient (Wildman–Crippen LogP) is 4.20. The van der Waals surface area contributed by atoms with Crippen molar-refractivity contribution in [1.82, 2.24) is 9.80 Å². The molecule has 2 aliphatic heterocycles. The van der Waals surface area contributed by atoms with Crippen molar-refractivity contribution in [1.29, 1.82) is 0 Å². The van der Waals surface area contributed by atoms with Crippen LogP contribution in [0.4, 0.5) is 0 Å². The van der Waals surface area contributed by atoms with E-state index in [1.807, 2.05) is 29.2 Å². The Labute approximate surface area is 174 Å². The first-order chi connectivity index (χ1) is 14.1. The largest absolute Gasteiger partial charge is 0.373 e. The van der Waals surface area contributed by atoms with Gasteiger partial charge in [0.05, 0.1) is 12.2 Å². The number of amides is 1. The monoisotopic (exact) mass is 392 g/mol. The van der Waals surface area contributed by atoms with E-state index in [2.05, 4.69) is 43.0 Å². The van der Waals surface area contributed by atoms with Gasteiger partial charge in [-0.1, -0.05) is 42.5 Å². The molecule has 0 spiro atoms. The smallest absolute Gasteiger partial charge is 0.246 e. The molecule has 2 aliphatic rings. The van der Waals surface area contributed by atoms with Crippen molar-refractivity contribution in [2.45, 2.75) is 38.9 Å². The second-order valence-corrected chi connectivity index (χ2v) is 8.65. The molecule has 0 N–H and O–H groups in total. The van der Waals surface area contributed by atoms with Crippen molar-refractivity contribution in [2.75, 3.05) is 32.7 Å². The van der Waals surface area contributed by atoms with E-state index in [4.69, 9.17) is 4.74 Å². The highest BCUT2D eigenvalue weighted by Crippen LogP contribution is 2.22. The first-order valence-corrected chi connectivity index (χ1v) is 10.9. The number of carbonyl (C=O) groups excluding carboxylic acids is 1. The number of carbonyl (C=O) groups is 1. The molecule has 29 heavy (non-hydrogen) atoms. The molecule has 1 amide bonds. The zero-order valence-electron chi connectivity index (χ0n) is 17.6. The van der Waals surface area contributed by atoms with Crippen molar-refractivity contribution < 1.29 is 9.53 Å². The molecule has 2 saturated heterocycles. The summed E-state index contributed by atoms with van der Waals surface area (Å²) in [6.07, 6.45) is 6.53. The third-order valence-corrected chi connectivity index (χ3v) is 6.17. The second-order valence-electron chi connectivity index (χ2n) is 8.65. The SMILES string of the molecule is CC1CN(CC2CCN(C(=O)/C=C/c3cccc4ccccc34)CC2)CC(C)O1. The fraction of sp³-hybridized carbons (Fsp3) is 0.480. The molecular formula is C25H32N2O2. The fourth-order valence-corrected chi connectivity index (χ4v) is 4.80. The van der Waals surface area contributed by atoms with E-state index in [1.165, 1.54) is 10.8 Å². The molecule has 4 nitrogen and oxygen atoms in total. The van der Waals surface area contributed by atoms with Crippen molar-refractivity contribution >= 4 is 22.8 Å². The molecule has 0 radical (unpaired) electrons. The highest BCUT2D eigenvalue weighted by molar-refractivity contribution is 5.96. The zero-order chi connectivity index (χ0) is 20.2. The molecule has 2 aromatic rings. The lowest BCUT2D eigenvalue weighted by molar-refractivity contribution is -0.127. The number of ether oxygens (including phenoxy) is 1. The Bertz CT molecular complexity index is 855. The third kappa shape index (κ3) is 5.06. The van der Waals surface area contributed by atoms with Crippen molar-refractivity contribution in [3.05, 3.63) is 54.1 Å². The lowest BCUT2D eigenvalue weighted by Gasteiger charge is -2.39. The summed E-state index contributed by atoms with van der Waals surface area (Å²) in [7, 11) is 0. The van der Waals surface area contributed by atoms with Gasteiger partial charge in [0.15, 0.2) is 0 Å². The van der Waals surface area contributed by atoms with Crippen molar-refractivity contribution in [3.8, 4) is 0 Å². The quantitative estimate of drug-likeness (QED) is 0.731. The highest BCUT2D eigenvalue weighted by Gasteiger charge is 2.27. The standard InChI is InChI=1S/C25H32N2O2/c1-19-16-26(17-20(2)29-19)18-21-12-14-27(15-13-21)25(28)11-10-23-8-5-7-22-6-3-4-9-24(22)23/h3-11,19-21H,12-18H2,1-2H3/b11-10+. The van der Waals surface area contributed by atoms with Crippen LogP contribution in [0.15, 0.2) is 48.5 Å². The van der Waals surface area contributed by atoms with E-state index in [0.717, 1.165) is 51.1 Å². The molecule has 4 heteroatoms. The number of morpholine rings is 1. The number of hydrogen-bond donors (Lipinski definition) is 0. The molecule has 0 saturated carbocycles. The van der Waals surface area contributed by atoms with Gasteiger partial charge >= 0.3 is 0 Å². The van der Waals surface area contributed by atoms with Gasteiger partial charge in [0, 0.05) is 38.8 Å². The summed E-state index contributed by atoms with van der Waals surface area (Å²) < 4.78 is 5.84. The Balaban J connectivity index is 1.30. The Morgan fingerprint density at radius 1 is 1.03 bits per heavy atom. The molecule has 154 valence electrons. The summed E-state index contributed by atoms with van der Waals surface area (Å²) in [6.45, 7) is 9.22. The molecule has 2 unspecified atom stereocenters. The van der Waals surface area contributed by atoms with E-state index in [-0.39, 0.29) is 5.91 Å². The number of likely N-dealkylation sites (tertiary alicyclic amines) is 1. The maximum Gasteiger partial charge on any atom is 0.246 e. The Kier molecular flexibility index (Phi) is 6.31. The Morgan fingerprint density at radius 2 is 1.72 bits per heavy atom. The van der Waals surface area contributed by atoms with Crippen LogP contribution in [0.2, 0.25) is 0 Å². The molecule has 4 rings (SSSR count). The maximum atomic E-state index is 12.7. The average Bonchev–Trinajstić information content (AvgIpc) is 2.72. The van der Waals surface area contributed by atoms with Gasteiger partial charge in [-0.15, -0.1) is 0 Å². The first kappa shape index (κ1) is 20.1. The molecule has 2 atom stereocenters. The average molecular weight is 393 g/mol. The summed E-state index contributed by atoms with van der Waals surface area (Å²) in [4.78, 5) is 17.2. The molecular weight excluding hydrogens is 360 g/mol. The normalized spacial score (nSPS) is 24.4. The Hall–Kier alpha value is -2.17. The molecule has 2 fully saturated rings. The van der Waals surface area contributed by atoms with Gasteiger partial charge in [-0.3, -0.25) is 9.69 Å². The highest BCUT2D eigenvalue weighted by atomic mass is 16.5. The van der Waals surface area contributed by atoms with Crippen LogP contribution in [0.25, 0.3) is 16.8 Å². The zero-order valence-corrected chi connectivity index (χ0v) is 17.6. The van der Waals surface area contributed by atoms with Crippen LogP contribution >= 0.6 is 0 Å². The molecule has 2 aromatic carbocycles. The van der Waals surface area contributed by atoms with Crippen molar-refractivity contribution in [3.63, 3.8) is 0 Å². The lowest BCUT2D eigenvalue weighted by atomic mass is 9.95. The van der Waals surface area contributed by atoms with Gasteiger partial charge in [0.25, 0.3) is 0 Å². The predicted molar refractivity (Wildman–Crippen MR) is 119 cm³/mol. The number of nitrogens with zero attached hydrogens (tertiary/aromatic N) is 2. The minimum atomic E-state index is 0.130. The Morgan fingerprint density at radius 3 is 2.48 bits per heavy atom. The minimum Gasteiger partial charge on any atom is -0.373 e. The maximum absolute atomic E-state index is 12.7. The van der Waals surface area contributed by atoms with E-state index in [1.54, 1.807) is 6.08 Å². The van der Waals surface area contributed by atoms with E-state index in [0.29, 0.717) is 18.1 Å². The molecule has 2 heterocycles. The lowest BCUT2D eigenvalue weighted by Crippen LogP contribution is -2.48. The van der Waals surface area contributed by atoms with E-state index in [9.17, 15) is 4.79 Å². The van der Waals surface area contributed by atoms with E-state index >= 15 is 0 Å². The van der Waals surface area contributed by atoms with Gasteiger partial charge in [0.1, 0.15) is 0 Å².